The molecule has 0 spiro atoms. The Balaban J connectivity index is 0.00000484. The summed E-state index contributed by atoms with van der Waals surface area (Å²) in [6.07, 6.45) is 1.11. The summed E-state index contributed by atoms with van der Waals surface area (Å²) in [5.74, 6) is 1.53. The van der Waals surface area contributed by atoms with Gasteiger partial charge in [0.05, 0.1) is 18.2 Å². The first-order valence-electron chi connectivity index (χ1n) is 7.82. The molecule has 0 aromatic heterocycles. The maximum absolute atomic E-state index is 5.63. The molecule has 0 heterocycles. The molecule has 1 rings (SSSR count). The molecule has 0 amide bonds. The van der Waals surface area contributed by atoms with E-state index in [4.69, 9.17) is 9.47 Å². The molecule has 1 aromatic carbocycles. The van der Waals surface area contributed by atoms with Crippen molar-refractivity contribution in [3.63, 3.8) is 0 Å². The maximum atomic E-state index is 5.63. The van der Waals surface area contributed by atoms with Crippen LogP contribution < -0.4 is 14.8 Å². The number of ether oxygens (including phenoxy) is 2. The summed E-state index contributed by atoms with van der Waals surface area (Å²) in [6, 6.07) is 4.13. The van der Waals surface area contributed by atoms with Crippen molar-refractivity contribution in [1.82, 2.24) is 5.32 Å². The minimum Gasteiger partial charge on any atom is -0.493 e. The summed E-state index contributed by atoms with van der Waals surface area (Å²) in [7, 11) is 1.67. The number of benzene rings is 1. The van der Waals surface area contributed by atoms with Crippen molar-refractivity contribution in [3.8, 4) is 11.5 Å². The first-order valence-corrected chi connectivity index (χ1v) is 8.61. The zero-order chi connectivity index (χ0) is 17.0. The molecule has 0 aliphatic rings. The molecule has 0 bridgehead atoms. The van der Waals surface area contributed by atoms with E-state index in [1.807, 2.05) is 13.0 Å². The molecule has 0 aliphatic heterocycles. The fourth-order valence-corrected chi connectivity index (χ4v) is 3.49. The van der Waals surface area contributed by atoms with Crippen LogP contribution in [0.5, 0.6) is 11.5 Å². The molecule has 0 saturated carbocycles. The molecule has 0 fully saturated rings. The number of nitrogens with one attached hydrogen (secondary N) is 1. The van der Waals surface area contributed by atoms with E-state index in [0.29, 0.717) is 12.0 Å². The fourth-order valence-electron chi connectivity index (χ4n) is 2.89. The Morgan fingerprint density at radius 3 is 2.22 bits per heavy atom. The van der Waals surface area contributed by atoms with Crippen LogP contribution in [0.3, 0.4) is 0 Å². The molecule has 1 aromatic rings. The summed E-state index contributed by atoms with van der Waals surface area (Å²) < 4.78 is 12.0. The highest BCUT2D eigenvalue weighted by atomic mass is 79.9. The Morgan fingerprint density at radius 2 is 1.74 bits per heavy atom. The summed E-state index contributed by atoms with van der Waals surface area (Å²) >= 11 is 3.58. The number of rotatable bonds is 7. The van der Waals surface area contributed by atoms with Crippen LogP contribution in [0.25, 0.3) is 0 Å². The molecule has 134 valence electrons. The van der Waals surface area contributed by atoms with Crippen LogP contribution in [0, 0.1) is 5.41 Å². The van der Waals surface area contributed by atoms with Gasteiger partial charge in [0, 0.05) is 12.1 Å². The zero-order valence-corrected chi connectivity index (χ0v) is 17.8. The minimum atomic E-state index is 0. The van der Waals surface area contributed by atoms with Gasteiger partial charge in [-0.3, -0.25) is 0 Å². The van der Waals surface area contributed by atoms with Gasteiger partial charge in [0.2, 0.25) is 0 Å². The number of hydrogen-bond donors (Lipinski definition) is 1. The largest absolute Gasteiger partial charge is 0.493 e. The van der Waals surface area contributed by atoms with Gasteiger partial charge in [0.1, 0.15) is 0 Å². The second-order valence-electron chi connectivity index (χ2n) is 7.52. The van der Waals surface area contributed by atoms with Gasteiger partial charge in [-0.1, -0.05) is 20.8 Å². The lowest BCUT2D eigenvalue weighted by molar-refractivity contribution is 0.240. The number of hydrogen-bond acceptors (Lipinski definition) is 3. The topological polar surface area (TPSA) is 30.5 Å². The van der Waals surface area contributed by atoms with Crippen LogP contribution in [0.4, 0.5) is 0 Å². The van der Waals surface area contributed by atoms with E-state index in [1.54, 1.807) is 7.11 Å². The Labute approximate surface area is 156 Å². The lowest BCUT2D eigenvalue weighted by atomic mass is 9.82. The van der Waals surface area contributed by atoms with Crippen molar-refractivity contribution < 1.29 is 9.47 Å². The standard InChI is InChI=1S/C18H30BrNO2.ClH/c1-8-22-16-14(19)9-13(10-15(16)21-7)11-20-18(5,6)12-17(2,3)4;/h9-10,20H,8,11-12H2,1-7H3;1H. The Hall–Kier alpha value is -0.450. The Kier molecular flexibility index (Phi) is 8.96. The predicted molar refractivity (Wildman–Crippen MR) is 104 cm³/mol. The minimum absolute atomic E-state index is 0. The highest BCUT2D eigenvalue weighted by Crippen LogP contribution is 2.37. The molecular formula is C18H31BrClNO2. The van der Waals surface area contributed by atoms with Crippen LogP contribution in [0.1, 0.15) is 53.5 Å². The van der Waals surface area contributed by atoms with Gasteiger partial charge in [-0.05, 0) is 66.2 Å². The normalized spacial score (nSPS) is 11.8. The van der Waals surface area contributed by atoms with Crippen molar-refractivity contribution in [3.05, 3.63) is 22.2 Å². The third-order valence-electron chi connectivity index (χ3n) is 3.32. The van der Waals surface area contributed by atoms with Crippen molar-refractivity contribution in [1.29, 1.82) is 0 Å². The Morgan fingerprint density at radius 1 is 1.13 bits per heavy atom. The van der Waals surface area contributed by atoms with E-state index in [0.717, 1.165) is 28.9 Å². The highest BCUT2D eigenvalue weighted by molar-refractivity contribution is 9.10. The first-order chi connectivity index (χ1) is 10.1. The van der Waals surface area contributed by atoms with E-state index in [9.17, 15) is 0 Å². The van der Waals surface area contributed by atoms with Gasteiger partial charge in [0.15, 0.2) is 11.5 Å². The summed E-state index contributed by atoms with van der Waals surface area (Å²) in [5.41, 5.74) is 1.55. The summed E-state index contributed by atoms with van der Waals surface area (Å²) in [4.78, 5) is 0. The molecule has 0 saturated heterocycles. The molecule has 5 heteroatoms. The smallest absolute Gasteiger partial charge is 0.175 e. The molecule has 0 atom stereocenters. The SMILES string of the molecule is CCOc1c(Br)cc(CNC(C)(C)CC(C)(C)C)cc1OC.Cl. The number of methoxy groups -OCH3 is 1. The molecule has 0 unspecified atom stereocenters. The van der Waals surface area contributed by atoms with Gasteiger partial charge >= 0.3 is 0 Å². The van der Waals surface area contributed by atoms with Crippen LogP contribution in [0.2, 0.25) is 0 Å². The van der Waals surface area contributed by atoms with E-state index in [2.05, 4.69) is 61.9 Å². The summed E-state index contributed by atoms with van der Waals surface area (Å²) in [5, 5.41) is 3.64. The van der Waals surface area contributed by atoms with Gasteiger partial charge in [-0.15, -0.1) is 12.4 Å². The lowest BCUT2D eigenvalue weighted by Crippen LogP contribution is -2.41. The van der Waals surface area contributed by atoms with Crippen LogP contribution >= 0.6 is 28.3 Å². The van der Waals surface area contributed by atoms with Crippen molar-refractivity contribution in [2.75, 3.05) is 13.7 Å². The van der Waals surface area contributed by atoms with E-state index < -0.39 is 0 Å². The average Bonchev–Trinajstić information content (AvgIpc) is 2.36. The van der Waals surface area contributed by atoms with Crippen LogP contribution in [-0.2, 0) is 6.54 Å². The van der Waals surface area contributed by atoms with Gasteiger partial charge in [-0.25, -0.2) is 0 Å². The van der Waals surface area contributed by atoms with E-state index >= 15 is 0 Å². The van der Waals surface area contributed by atoms with Gasteiger partial charge in [0.25, 0.3) is 0 Å². The third-order valence-corrected chi connectivity index (χ3v) is 3.91. The molecular weight excluding hydrogens is 378 g/mol. The average molecular weight is 409 g/mol. The van der Waals surface area contributed by atoms with Gasteiger partial charge < -0.3 is 14.8 Å². The van der Waals surface area contributed by atoms with E-state index in [1.165, 1.54) is 5.56 Å². The van der Waals surface area contributed by atoms with Crippen molar-refractivity contribution in [2.45, 2.75) is 60.0 Å². The first kappa shape index (κ1) is 22.6. The van der Waals surface area contributed by atoms with Crippen LogP contribution in [0.15, 0.2) is 16.6 Å². The highest BCUT2D eigenvalue weighted by Gasteiger charge is 2.25. The van der Waals surface area contributed by atoms with E-state index in [-0.39, 0.29) is 17.9 Å². The third kappa shape index (κ3) is 7.77. The molecule has 23 heavy (non-hydrogen) atoms. The van der Waals surface area contributed by atoms with Crippen LogP contribution in [-0.4, -0.2) is 19.3 Å². The Bertz CT molecular complexity index is 499. The second kappa shape index (κ2) is 9.14. The second-order valence-corrected chi connectivity index (χ2v) is 8.37. The fraction of sp³-hybridized carbons (Fsp3) is 0.667. The summed E-state index contributed by atoms with van der Waals surface area (Å²) in [6.45, 7) is 14.7. The maximum Gasteiger partial charge on any atom is 0.175 e. The molecule has 3 nitrogen and oxygen atoms in total. The zero-order valence-electron chi connectivity index (χ0n) is 15.4. The number of halogens is 2. The lowest BCUT2D eigenvalue weighted by Gasteiger charge is -2.33. The van der Waals surface area contributed by atoms with Crippen molar-refractivity contribution >= 4 is 28.3 Å². The molecule has 1 N–H and O–H groups in total. The predicted octanol–water partition coefficient (Wildman–Crippen LogP) is 5.58. The quantitative estimate of drug-likeness (QED) is 0.638. The van der Waals surface area contributed by atoms with Gasteiger partial charge in [-0.2, -0.15) is 0 Å². The molecule has 0 aliphatic carbocycles. The van der Waals surface area contributed by atoms with Crippen molar-refractivity contribution in [2.24, 2.45) is 5.41 Å². The monoisotopic (exact) mass is 407 g/mol. The molecule has 0 radical (unpaired) electrons.